The highest BCUT2D eigenvalue weighted by molar-refractivity contribution is 14.1. The van der Waals surface area contributed by atoms with Crippen molar-refractivity contribution in [1.29, 1.82) is 0 Å². The Morgan fingerprint density at radius 3 is 2.84 bits per heavy atom. The molecule has 0 radical (unpaired) electrons. The van der Waals surface area contributed by atoms with Crippen LogP contribution in [0.5, 0.6) is 0 Å². The van der Waals surface area contributed by atoms with Crippen molar-refractivity contribution in [3.05, 3.63) is 51.4 Å². The fourth-order valence-electron chi connectivity index (χ4n) is 2.19. The zero-order chi connectivity index (χ0) is 13.4. The molecule has 3 rings (SSSR count). The molecule has 5 heteroatoms. The molecule has 0 fully saturated rings. The average molecular weight is 364 g/mol. The van der Waals surface area contributed by atoms with Crippen molar-refractivity contribution in [2.75, 3.05) is 5.73 Å². The minimum Gasteiger partial charge on any atom is -0.383 e. The van der Waals surface area contributed by atoms with Gasteiger partial charge in [0.25, 0.3) is 0 Å². The molecular formula is C14H13IN4. The minimum atomic E-state index is 0.665. The van der Waals surface area contributed by atoms with Crippen LogP contribution in [0.1, 0.15) is 11.3 Å². The zero-order valence-corrected chi connectivity index (χ0v) is 12.6. The first-order valence-electron chi connectivity index (χ1n) is 5.97. The quantitative estimate of drug-likeness (QED) is 0.712. The number of anilines is 1. The Morgan fingerprint density at radius 2 is 2.11 bits per heavy atom. The number of hydrogen-bond acceptors (Lipinski definition) is 3. The SMILES string of the molecule is Cc1cc(Cn2ncc(I)c2N)c2ccccc2n1. The molecule has 19 heavy (non-hydrogen) atoms. The summed E-state index contributed by atoms with van der Waals surface area (Å²) < 4.78 is 2.80. The van der Waals surface area contributed by atoms with Crippen molar-refractivity contribution < 1.29 is 0 Å². The molecule has 96 valence electrons. The van der Waals surface area contributed by atoms with Gasteiger partial charge >= 0.3 is 0 Å². The maximum atomic E-state index is 6.01. The van der Waals surface area contributed by atoms with Gasteiger partial charge in [0.15, 0.2) is 0 Å². The van der Waals surface area contributed by atoms with Gasteiger partial charge in [-0.05, 0) is 47.2 Å². The summed E-state index contributed by atoms with van der Waals surface area (Å²) in [4.78, 5) is 4.54. The van der Waals surface area contributed by atoms with Gasteiger partial charge in [0, 0.05) is 11.1 Å². The molecule has 0 unspecified atom stereocenters. The lowest BCUT2D eigenvalue weighted by Gasteiger charge is -2.09. The van der Waals surface area contributed by atoms with E-state index >= 15 is 0 Å². The van der Waals surface area contributed by atoms with Crippen LogP contribution in [0.4, 0.5) is 5.82 Å². The summed E-state index contributed by atoms with van der Waals surface area (Å²) in [5.74, 6) is 0.708. The number of nitrogens with zero attached hydrogens (tertiary/aromatic N) is 3. The van der Waals surface area contributed by atoms with Crippen molar-refractivity contribution >= 4 is 39.3 Å². The summed E-state index contributed by atoms with van der Waals surface area (Å²) in [6, 6.07) is 10.2. The molecule has 0 spiro atoms. The van der Waals surface area contributed by atoms with E-state index in [-0.39, 0.29) is 0 Å². The number of fused-ring (bicyclic) bond motifs is 1. The van der Waals surface area contributed by atoms with Gasteiger partial charge in [-0.1, -0.05) is 18.2 Å². The van der Waals surface area contributed by atoms with E-state index in [1.165, 1.54) is 5.56 Å². The number of aryl methyl sites for hydroxylation is 1. The van der Waals surface area contributed by atoms with Crippen LogP contribution in [0.3, 0.4) is 0 Å². The van der Waals surface area contributed by atoms with E-state index < -0.39 is 0 Å². The third-order valence-electron chi connectivity index (χ3n) is 3.08. The van der Waals surface area contributed by atoms with Gasteiger partial charge in [-0.3, -0.25) is 4.98 Å². The van der Waals surface area contributed by atoms with Crippen LogP contribution in [-0.4, -0.2) is 14.8 Å². The lowest BCUT2D eigenvalue weighted by atomic mass is 10.1. The van der Waals surface area contributed by atoms with E-state index in [0.29, 0.717) is 12.4 Å². The molecule has 0 amide bonds. The van der Waals surface area contributed by atoms with Crippen LogP contribution < -0.4 is 5.73 Å². The first kappa shape index (κ1) is 12.4. The highest BCUT2D eigenvalue weighted by atomic mass is 127. The van der Waals surface area contributed by atoms with Crippen molar-refractivity contribution in [3.8, 4) is 0 Å². The number of pyridine rings is 1. The second kappa shape index (κ2) is 4.80. The fourth-order valence-corrected chi connectivity index (χ4v) is 2.59. The third kappa shape index (κ3) is 2.30. The predicted molar refractivity (Wildman–Crippen MR) is 84.9 cm³/mol. The van der Waals surface area contributed by atoms with Gasteiger partial charge in [-0.2, -0.15) is 5.10 Å². The van der Waals surface area contributed by atoms with E-state index in [1.54, 1.807) is 6.20 Å². The number of halogens is 1. The summed E-state index contributed by atoms with van der Waals surface area (Å²) in [7, 11) is 0. The molecule has 0 aliphatic rings. The molecule has 0 bridgehead atoms. The second-order valence-corrected chi connectivity index (χ2v) is 5.64. The summed E-state index contributed by atoms with van der Waals surface area (Å²) in [6.07, 6.45) is 1.78. The fraction of sp³-hybridized carbons (Fsp3) is 0.143. The first-order valence-corrected chi connectivity index (χ1v) is 7.05. The van der Waals surface area contributed by atoms with Crippen molar-refractivity contribution in [3.63, 3.8) is 0 Å². The molecule has 2 N–H and O–H groups in total. The van der Waals surface area contributed by atoms with Gasteiger partial charge in [0.05, 0.1) is 21.8 Å². The molecule has 4 nitrogen and oxygen atoms in total. The standard InChI is InChI=1S/C14H13IN4/c1-9-6-10(8-19-14(16)12(15)7-17-19)11-4-2-3-5-13(11)18-9/h2-7H,8,16H2,1H3. The second-order valence-electron chi connectivity index (χ2n) is 4.48. The van der Waals surface area contributed by atoms with Gasteiger partial charge in [-0.15, -0.1) is 0 Å². The van der Waals surface area contributed by atoms with Gasteiger partial charge in [0.2, 0.25) is 0 Å². The molecule has 3 aromatic rings. The van der Waals surface area contributed by atoms with E-state index in [0.717, 1.165) is 20.2 Å². The Labute approximate surface area is 124 Å². The van der Waals surface area contributed by atoms with Gasteiger partial charge in [0.1, 0.15) is 5.82 Å². The highest BCUT2D eigenvalue weighted by Gasteiger charge is 2.08. The first-order chi connectivity index (χ1) is 9.15. The summed E-state index contributed by atoms with van der Waals surface area (Å²) in [5.41, 5.74) is 9.22. The van der Waals surface area contributed by atoms with Crippen molar-refractivity contribution in [2.24, 2.45) is 0 Å². The Hall–Kier alpha value is -1.63. The molecule has 0 saturated carbocycles. The van der Waals surface area contributed by atoms with Crippen LogP contribution in [-0.2, 0) is 6.54 Å². The van der Waals surface area contributed by atoms with Crippen LogP contribution >= 0.6 is 22.6 Å². The molecule has 0 atom stereocenters. The normalized spacial score (nSPS) is 11.1. The Morgan fingerprint density at radius 1 is 1.32 bits per heavy atom. The third-order valence-corrected chi connectivity index (χ3v) is 3.91. The number of hydrogen-bond donors (Lipinski definition) is 1. The van der Waals surface area contributed by atoms with E-state index in [1.807, 2.05) is 29.8 Å². The lowest BCUT2D eigenvalue weighted by Crippen LogP contribution is -2.07. The van der Waals surface area contributed by atoms with E-state index in [9.17, 15) is 0 Å². The minimum absolute atomic E-state index is 0.665. The molecular weight excluding hydrogens is 351 g/mol. The molecule has 0 saturated heterocycles. The number of rotatable bonds is 2. The van der Waals surface area contributed by atoms with Gasteiger partial charge < -0.3 is 5.73 Å². The smallest absolute Gasteiger partial charge is 0.135 e. The maximum Gasteiger partial charge on any atom is 0.135 e. The summed E-state index contributed by atoms with van der Waals surface area (Å²) >= 11 is 2.19. The Bertz CT molecular complexity index is 748. The molecule has 0 aliphatic carbocycles. The Balaban J connectivity index is 2.12. The molecule has 2 heterocycles. The number of nitrogens with two attached hydrogens (primary N) is 1. The molecule has 2 aromatic heterocycles. The monoisotopic (exact) mass is 364 g/mol. The topological polar surface area (TPSA) is 56.7 Å². The Kier molecular flexibility index (Phi) is 3.14. The predicted octanol–water partition coefficient (Wildman–Crippen LogP) is 2.97. The van der Waals surface area contributed by atoms with E-state index in [4.69, 9.17) is 5.73 Å². The average Bonchev–Trinajstić information content (AvgIpc) is 2.70. The zero-order valence-electron chi connectivity index (χ0n) is 10.5. The maximum absolute atomic E-state index is 6.01. The highest BCUT2D eigenvalue weighted by Crippen LogP contribution is 2.21. The number of benzene rings is 1. The van der Waals surface area contributed by atoms with Gasteiger partial charge in [-0.25, -0.2) is 4.68 Å². The van der Waals surface area contributed by atoms with Crippen molar-refractivity contribution in [1.82, 2.24) is 14.8 Å². The van der Waals surface area contributed by atoms with Crippen LogP contribution in [0.15, 0.2) is 36.5 Å². The number of nitrogen functional groups attached to an aromatic ring is 1. The van der Waals surface area contributed by atoms with Crippen LogP contribution in [0.25, 0.3) is 10.9 Å². The van der Waals surface area contributed by atoms with Crippen molar-refractivity contribution in [2.45, 2.75) is 13.5 Å². The number of para-hydroxylation sites is 1. The number of aromatic nitrogens is 3. The van der Waals surface area contributed by atoms with Crippen LogP contribution in [0.2, 0.25) is 0 Å². The van der Waals surface area contributed by atoms with Crippen LogP contribution in [0, 0.1) is 10.5 Å². The molecule has 0 aliphatic heterocycles. The lowest BCUT2D eigenvalue weighted by molar-refractivity contribution is 0.699. The molecule has 1 aromatic carbocycles. The van der Waals surface area contributed by atoms with E-state index in [2.05, 4.69) is 44.8 Å². The summed E-state index contributed by atoms with van der Waals surface area (Å²) in [5, 5.41) is 5.46. The largest absolute Gasteiger partial charge is 0.383 e. The summed E-state index contributed by atoms with van der Waals surface area (Å²) in [6.45, 7) is 2.67.